The smallest absolute Gasteiger partial charge is 0.300 e. The Bertz CT molecular complexity index is 1640. The minimum absolute atomic E-state index is 0.0353. The fourth-order valence-electron chi connectivity index (χ4n) is 5.33. The molecule has 2 aliphatic rings. The van der Waals surface area contributed by atoms with Crippen molar-refractivity contribution in [2.45, 2.75) is 32.2 Å². The van der Waals surface area contributed by atoms with E-state index < -0.39 is 17.7 Å². The summed E-state index contributed by atoms with van der Waals surface area (Å²) in [6.07, 6.45) is 0. The number of nitrogens with zero attached hydrogens (tertiary/aromatic N) is 1. The number of amides is 1. The number of hydrogen-bond donors (Lipinski definition) is 1. The highest BCUT2D eigenvalue weighted by molar-refractivity contribution is 6.52. The maximum absolute atomic E-state index is 13.7. The highest BCUT2D eigenvalue weighted by Crippen LogP contribution is 2.45. The fourth-order valence-corrected chi connectivity index (χ4v) is 5.33. The third kappa shape index (κ3) is 4.22. The third-order valence-corrected chi connectivity index (χ3v) is 7.38. The Morgan fingerprint density at radius 3 is 2.28 bits per heavy atom. The molecule has 1 amide bonds. The molecule has 1 unspecified atom stereocenters. The number of fused-ring (bicyclic) bond motifs is 2. The maximum Gasteiger partial charge on any atom is 0.300 e. The van der Waals surface area contributed by atoms with Gasteiger partial charge in [-0.3, -0.25) is 14.5 Å². The Hall–Kier alpha value is -4.58. The van der Waals surface area contributed by atoms with Gasteiger partial charge >= 0.3 is 0 Å². The Labute approximate surface area is 227 Å². The Morgan fingerprint density at radius 2 is 1.54 bits per heavy atom. The lowest BCUT2D eigenvalue weighted by Gasteiger charge is -2.27. The van der Waals surface area contributed by atoms with Crippen LogP contribution in [0.2, 0.25) is 0 Å². The van der Waals surface area contributed by atoms with Crippen molar-refractivity contribution in [3.05, 3.63) is 107 Å². The van der Waals surface area contributed by atoms with Crippen LogP contribution in [-0.2, 0) is 15.0 Å². The molecular weight excluding hydrogens is 490 g/mol. The van der Waals surface area contributed by atoms with Gasteiger partial charge in [0.15, 0.2) is 11.5 Å². The first-order valence-corrected chi connectivity index (χ1v) is 13.0. The van der Waals surface area contributed by atoms with Crippen LogP contribution in [0.5, 0.6) is 11.5 Å². The highest BCUT2D eigenvalue weighted by Gasteiger charge is 2.47. The van der Waals surface area contributed by atoms with Crippen LogP contribution in [0, 0.1) is 0 Å². The minimum Gasteiger partial charge on any atom is -0.507 e. The standard InChI is InChI=1S/C33H29NO5/c1-33(2,3)23-14-11-21(12-15-23)29-28(30(35)22-13-16-26-27(19-22)39-18-17-38-26)31(36)32(37)34(29)25-10-6-8-20-7-4-5-9-24(20)25/h4-16,19,29,35H,17-18H2,1-3H3/b30-28+. The second-order valence-electron chi connectivity index (χ2n) is 10.9. The molecule has 0 aliphatic carbocycles. The third-order valence-electron chi connectivity index (χ3n) is 7.38. The van der Waals surface area contributed by atoms with Crippen molar-refractivity contribution in [1.82, 2.24) is 0 Å². The summed E-state index contributed by atoms with van der Waals surface area (Å²) in [4.78, 5) is 28.9. The zero-order valence-electron chi connectivity index (χ0n) is 22.1. The fraction of sp³-hybridized carbons (Fsp3) is 0.212. The van der Waals surface area contributed by atoms with E-state index >= 15 is 0 Å². The lowest BCUT2D eigenvalue weighted by atomic mass is 9.85. The molecule has 2 heterocycles. The summed E-state index contributed by atoms with van der Waals surface area (Å²) in [5, 5.41) is 13.4. The quantitative estimate of drug-likeness (QED) is 0.189. The van der Waals surface area contributed by atoms with E-state index in [1.54, 1.807) is 18.2 Å². The molecule has 4 aromatic carbocycles. The topological polar surface area (TPSA) is 76.1 Å². The number of aliphatic hydroxyl groups excluding tert-OH is 1. The Balaban J connectivity index is 1.56. The number of rotatable bonds is 3. The molecule has 1 N–H and O–H groups in total. The second kappa shape index (κ2) is 9.31. The number of Topliss-reactive ketones (excluding diaryl/α,β-unsaturated/α-hetero) is 1. The van der Waals surface area contributed by atoms with E-state index in [2.05, 4.69) is 20.8 Å². The first-order valence-electron chi connectivity index (χ1n) is 13.0. The van der Waals surface area contributed by atoms with Crippen LogP contribution >= 0.6 is 0 Å². The van der Waals surface area contributed by atoms with Crippen LogP contribution in [0.4, 0.5) is 5.69 Å². The van der Waals surface area contributed by atoms with E-state index in [0.29, 0.717) is 36.0 Å². The van der Waals surface area contributed by atoms with Gasteiger partial charge in [0, 0.05) is 10.9 Å². The van der Waals surface area contributed by atoms with Gasteiger partial charge in [0.05, 0.1) is 17.3 Å². The molecule has 6 heteroatoms. The van der Waals surface area contributed by atoms with Gasteiger partial charge in [0.1, 0.15) is 19.0 Å². The molecule has 6 rings (SSSR count). The lowest BCUT2D eigenvalue weighted by molar-refractivity contribution is -0.132. The van der Waals surface area contributed by atoms with E-state index in [0.717, 1.165) is 21.9 Å². The number of carbonyl (C=O) groups is 2. The van der Waals surface area contributed by atoms with Crippen molar-refractivity contribution in [2.24, 2.45) is 0 Å². The summed E-state index contributed by atoms with van der Waals surface area (Å²) in [5.74, 6) is -0.614. The predicted molar refractivity (Wildman–Crippen MR) is 151 cm³/mol. The van der Waals surface area contributed by atoms with E-state index in [1.807, 2.05) is 66.7 Å². The molecule has 0 saturated carbocycles. The summed E-state index contributed by atoms with van der Waals surface area (Å²) >= 11 is 0. The summed E-state index contributed by atoms with van der Waals surface area (Å²) in [6, 6.07) is 25.5. The van der Waals surface area contributed by atoms with Crippen molar-refractivity contribution < 1.29 is 24.2 Å². The Morgan fingerprint density at radius 1 is 0.846 bits per heavy atom. The predicted octanol–water partition coefficient (Wildman–Crippen LogP) is 6.53. The normalized spacial score (nSPS) is 18.5. The molecule has 1 fully saturated rings. The molecule has 196 valence electrons. The van der Waals surface area contributed by atoms with E-state index in [-0.39, 0.29) is 16.7 Å². The largest absolute Gasteiger partial charge is 0.507 e. The monoisotopic (exact) mass is 519 g/mol. The molecule has 0 radical (unpaired) electrons. The van der Waals surface area contributed by atoms with Gasteiger partial charge in [-0.15, -0.1) is 0 Å². The van der Waals surface area contributed by atoms with Gasteiger partial charge in [-0.2, -0.15) is 0 Å². The van der Waals surface area contributed by atoms with Crippen molar-refractivity contribution in [3.63, 3.8) is 0 Å². The van der Waals surface area contributed by atoms with Crippen LogP contribution in [-0.4, -0.2) is 30.0 Å². The average molecular weight is 520 g/mol. The lowest BCUT2D eigenvalue weighted by Crippen LogP contribution is -2.29. The van der Waals surface area contributed by atoms with Gasteiger partial charge in [-0.05, 0) is 46.2 Å². The molecule has 39 heavy (non-hydrogen) atoms. The number of carbonyl (C=O) groups excluding carboxylic acids is 2. The minimum atomic E-state index is -0.821. The van der Waals surface area contributed by atoms with E-state index in [9.17, 15) is 14.7 Å². The molecule has 0 aromatic heterocycles. The summed E-state index contributed by atoms with van der Waals surface area (Å²) < 4.78 is 11.3. The first-order chi connectivity index (χ1) is 18.7. The van der Waals surface area contributed by atoms with E-state index in [4.69, 9.17) is 9.47 Å². The number of anilines is 1. The van der Waals surface area contributed by atoms with Crippen LogP contribution in [0.15, 0.2) is 90.5 Å². The Kier molecular flexibility index (Phi) is 5.91. The molecule has 1 atom stereocenters. The number of hydrogen-bond acceptors (Lipinski definition) is 5. The highest BCUT2D eigenvalue weighted by atomic mass is 16.6. The molecule has 1 saturated heterocycles. The van der Waals surface area contributed by atoms with Crippen LogP contribution in [0.25, 0.3) is 16.5 Å². The number of aliphatic hydroxyl groups is 1. The molecule has 4 aromatic rings. The number of benzene rings is 4. The summed E-state index contributed by atoms with van der Waals surface area (Å²) in [7, 11) is 0. The van der Waals surface area contributed by atoms with Gasteiger partial charge in [-0.25, -0.2) is 0 Å². The van der Waals surface area contributed by atoms with Crippen LogP contribution in [0.1, 0.15) is 43.5 Å². The number of ketones is 1. The zero-order valence-corrected chi connectivity index (χ0v) is 22.1. The zero-order chi connectivity index (χ0) is 27.3. The van der Waals surface area contributed by atoms with Gasteiger partial charge in [-0.1, -0.05) is 81.4 Å². The molecule has 0 spiro atoms. The molecule has 6 nitrogen and oxygen atoms in total. The molecule has 2 aliphatic heterocycles. The van der Waals surface area contributed by atoms with E-state index in [1.165, 1.54) is 4.90 Å². The average Bonchev–Trinajstić information content (AvgIpc) is 3.21. The van der Waals surface area contributed by atoms with Crippen LogP contribution in [0.3, 0.4) is 0 Å². The summed E-state index contributed by atoms with van der Waals surface area (Å²) in [5.41, 5.74) is 2.82. The van der Waals surface area contributed by atoms with Crippen molar-refractivity contribution in [3.8, 4) is 11.5 Å². The SMILES string of the molecule is CC(C)(C)c1ccc(C2/C(=C(\O)c3ccc4c(c3)OCCO4)C(=O)C(=O)N2c2cccc3ccccc23)cc1. The molecular formula is C33H29NO5. The first kappa shape index (κ1) is 24.7. The van der Waals surface area contributed by atoms with Crippen molar-refractivity contribution in [2.75, 3.05) is 18.1 Å². The van der Waals surface area contributed by atoms with Gasteiger partial charge < -0.3 is 14.6 Å². The second-order valence-corrected chi connectivity index (χ2v) is 10.9. The van der Waals surface area contributed by atoms with Crippen molar-refractivity contribution >= 4 is 33.9 Å². The molecule has 0 bridgehead atoms. The maximum atomic E-state index is 13.7. The van der Waals surface area contributed by atoms with Crippen LogP contribution < -0.4 is 14.4 Å². The van der Waals surface area contributed by atoms with Crippen molar-refractivity contribution in [1.29, 1.82) is 0 Å². The van der Waals surface area contributed by atoms with Gasteiger partial charge in [0.25, 0.3) is 11.7 Å². The van der Waals surface area contributed by atoms with Gasteiger partial charge in [0.2, 0.25) is 0 Å². The number of ether oxygens (including phenoxy) is 2. The summed E-state index contributed by atoms with van der Waals surface area (Å²) in [6.45, 7) is 7.23.